The van der Waals surface area contributed by atoms with Gasteiger partial charge >= 0.3 is 11.0 Å². The van der Waals surface area contributed by atoms with Crippen LogP contribution in [0, 0.1) is 16.0 Å². The minimum Gasteiger partial charge on any atom is -0.480 e. The molecule has 2 rings (SSSR count). The fourth-order valence-corrected chi connectivity index (χ4v) is 3.04. The first-order chi connectivity index (χ1) is 9.56. The largest absolute Gasteiger partial charge is 0.480 e. The van der Waals surface area contributed by atoms with Crippen molar-refractivity contribution < 1.29 is 14.8 Å². The molecule has 0 bridgehead atoms. The van der Waals surface area contributed by atoms with Gasteiger partial charge in [-0.2, -0.15) is 0 Å². The SMILES string of the molecule is O=C(O)CNCC1CCCN(c2ncc([N+](=O)[O-])s2)C1. The van der Waals surface area contributed by atoms with E-state index in [4.69, 9.17) is 5.11 Å². The predicted molar refractivity (Wildman–Crippen MR) is 74.2 cm³/mol. The van der Waals surface area contributed by atoms with Crippen LogP contribution in [0.1, 0.15) is 12.8 Å². The Morgan fingerprint density at radius 2 is 2.50 bits per heavy atom. The van der Waals surface area contributed by atoms with E-state index in [2.05, 4.69) is 10.3 Å². The van der Waals surface area contributed by atoms with Crippen molar-refractivity contribution in [2.45, 2.75) is 12.8 Å². The van der Waals surface area contributed by atoms with Crippen LogP contribution in [0.3, 0.4) is 0 Å². The molecule has 1 aliphatic heterocycles. The molecule has 1 aromatic rings. The van der Waals surface area contributed by atoms with E-state index in [9.17, 15) is 14.9 Å². The molecule has 0 radical (unpaired) electrons. The van der Waals surface area contributed by atoms with Gasteiger partial charge in [-0.25, -0.2) is 4.98 Å². The third-order valence-corrected chi connectivity index (χ3v) is 4.17. The molecule has 0 aliphatic carbocycles. The van der Waals surface area contributed by atoms with E-state index in [0.29, 0.717) is 17.6 Å². The van der Waals surface area contributed by atoms with Crippen molar-refractivity contribution >= 4 is 27.4 Å². The number of anilines is 1. The highest BCUT2D eigenvalue weighted by atomic mass is 32.1. The van der Waals surface area contributed by atoms with Crippen LogP contribution in [0.25, 0.3) is 0 Å². The number of thiazole rings is 1. The Morgan fingerprint density at radius 1 is 1.70 bits per heavy atom. The summed E-state index contributed by atoms with van der Waals surface area (Å²) in [5, 5.41) is 22.9. The van der Waals surface area contributed by atoms with Gasteiger partial charge in [0.15, 0.2) is 5.13 Å². The lowest BCUT2D eigenvalue weighted by Crippen LogP contribution is -2.40. The van der Waals surface area contributed by atoms with Crippen LogP contribution in [0.4, 0.5) is 10.1 Å². The molecule has 9 heteroatoms. The third kappa shape index (κ3) is 3.87. The van der Waals surface area contributed by atoms with E-state index in [1.165, 1.54) is 6.20 Å². The van der Waals surface area contributed by atoms with E-state index in [-0.39, 0.29) is 11.5 Å². The van der Waals surface area contributed by atoms with Crippen molar-refractivity contribution in [1.29, 1.82) is 0 Å². The molecule has 0 amide bonds. The number of nitrogens with zero attached hydrogens (tertiary/aromatic N) is 3. The number of piperidine rings is 1. The summed E-state index contributed by atoms with van der Waals surface area (Å²) in [6.07, 6.45) is 3.29. The van der Waals surface area contributed by atoms with Gasteiger partial charge in [0.1, 0.15) is 6.20 Å². The Hall–Kier alpha value is -1.74. The predicted octanol–water partition coefficient (Wildman–Crippen LogP) is 0.942. The van der Waals surface area contributed by atoms with Gasteiger partial charge in [-0.1, -0.05) is 0 Å². The molecule has 20 heavy (non-hydrogen) atoms. The van der Waals surface area contributed by atoms with Gasteiger partial charge < -0.3 is 15.3 Å². The smallest absolute Gasteiger partial charge is 0.345 e. The molecule has 1 aromatic heterocycles. The number of aliphatic carboxylic acids is 1. The van der Waals surface area contributed by atoms with Crippen molar-refractivity contribution in [3.63, 3.8) is 0 Å². The average Bonchev–Trinajstić information content (AvgIpc) is 2.88. The highest BCUT2D eigenvalue weighted by Crippen LogP contribution is 2.31. The number of carboxylic acid groups (broad SMARTS) is 1. The van der Waals surface area contributed by atoms with Crippen molar-refractivity contribution in [2.24, 2.45) is 5.92 Å². The van der Waals surface area contributed by atoms with Crippen LogP contribution < -0.4 is 10.2 Å². The molecule has 0 saturated carbocycles. The van der Waals surface area contributed by atoms with Crippen molar-refractivity contribution in [2.75, 3.05) is 31.1 Å². The van der Waals surface area contributed by atoms with Gasteiger partial charge in [0.25, 0.3) is 0 Å². The molecule has 0 spiro atoms. The lowest BCUT2D eigenvalue weighted by molar-refractivity contribution is -0.380. The van der Waals surface area contributed by atoms with Crippen molar-refractivity contribution in [3.8, 4) is 0 Å². The Morgan fingerprint density at radius 3 is 3.15 bits per heavy atom. The second-order valence-corrected chi connectivity index (χ2v) is 5.70. The lowest BCUT2D eigenvalue weighted by atomic mass is 9.98. The molecule has 1 unspecified atom stereocenters. The number of rotatable bonds is 6. The maximum atomic E-state index is 10.7. The van der Waals surface area contributed by atoms with Crippen LogP contribution in [0.5, 0.6) is 0 Å². The van der Waals surface area contributed by atoms with Crippen LogP contribution in [0.2, 0.25) is 0 Å². The molecule has 1 fully saturated rings. The third-order valence-electron chi connectivity index (χ3n) is 3.16. The highest BCUT2D eigenvalue weighted by molar-refractivity contribution is 7.18. The topological polar surface area (TPSA) is 109 Å². The van der Waals surface area contributed by atoms with Crippen molar-refractivity contribution in [1.82, 2.24) is 10.3 Å². The van der Waals surface area contributed by atoms with E-state index >= 15 is 0 Å². The molecular weight excluding hydrogens is 284 g/mol. The van der Waals surface area contributed by atoms with Gasteiger partial charge in [0.05, 0.1) is 11.5 Å². The van der Waals surface area contributed by atoms with Crippen LogP contribution in [-0.2, 0) is 4.79 Å². The summed E-state index contributed by atoms with van der Waals surface area (Å²) in [7, 11) is 0. The fraction of sp³-hybridized carbons (Fsp3) is 0.636. The monoisotopic (exact) mass is 300 g/mol. The molecule has 2 N–H and O–H groups in total. The van der Waals surface area contributed by atoms with Crippen LogP contribution in [-0.4, -0.2) is 47.2 Å². The molecule has 1 atom stereocenters. The molecule has 1 aliphatic rings. The molecule has 1 saturated heterocycles. The summed E-state index contributed by atoms with van der Waals surface area (Å²) in [4.78, 5) is 26.8. The maximum Gasteiger partial charge on any atom is 0.345 e. The standard InChI is InChI=1S/C11H16N4O4S/c16-10(17)6-12-4-8-2-1-3-14(7-8)11-13-5-9(20-11)15(18)19/h5,8,12H,1-4,6-7H2,(H,16,17). The quantitative estimate of drug-likeness (QED) is 0.594. The van der Waals surface area contributed by atoms with E-state index in [0.717, 1.165) is 37.3 Å². The van der Waals surface area contributed by atoms with Crippen molar-refractivity contribution in [3.05, 3.63) is 16.3 Å². The molecule has 2 heterocycles. The Balaban J connectivity index is 1.89. The van der Waals surface area contributed by atoms with Crippen LogP contribution in [0.15, 0.2) is 6.20 Å². The minimum atomic E-state index is -0.867. The molecular formula is C11H16N4O4S. The van der Waals surface area contributed by atoms with Gasteiger partial charge in [0.2, 0.25) is 0 Å². The summed E-state index contributed by atoms with van der Waals surface area (Å²) >= 11 is 1.08. The number of hydrogen-bond acceptors (Lipinski definition) is 7. The number of carbonyl (C=O) groups is 1. The Kier molecular flexibility index (Phi) is 4.85. The first-order valence-corrected chi connectivity index (χ1v) is 7.15. The molecule has 0 aromatic carbocycles. The van der Waals surface area contributed by atoms with Crippen LogP contribution >= 0.6 is 11.3 Å². The lowest BCUT2D eigenvalue weighted by Gasteiger charge is -2.32. The minimum absolute atomic E-state index is 0.0424. The zero-order valence-electron chi connectivity index (χ0n) is 10.8. The Labute approximate surface area is 119 Å². The van der Waals surface area contributed by atoms with E-state index in [1.54, 1.807) is 0 Å². The molecule has 110 valence electrons. The fourth-order valence-electron chi connectivity index (χ4n) is 2.28. The zero-order valence-corrected chi connectivity index (χ0v) is 11.6. The Bertz CT molecular complexity index is 493. The summed E-state index contributed by atoms with van der Waals surface area (Å²) in [5.41, 5.74) is 0. The summed E-state index contributed by atoms with van der Waals surface area (Å²) in [6.45, 7) is 2.17. The summed E-state index contributed by atoms with van der Waals surface area (Å²) in [6, 6.07) is 0. The van der Waals surface area contributed by atoms with E-state index in [1.807, 2.05) is 4.90 Å². The van der Waals surface area contributed by atoms with Gasteiger partial charge in [-0.15, -0.1) is 0 Å². The first-order valence-electron chi connectivity index (χ1n) is 6.34. The summed E-state index contributed by atoms with van der Waals surface area (Å²) < 4.78 is 0. The average molecular weight is 300 g/mol. The number of aromatic nitrogens is 1. The maximum absolute atomic E-state index is 10.7. The number of hydrogen-bond donors (Lipinski definition) is 2. The number of nitro groups is 1. The number of carboxylic acids is 1. The first kappa shape index (κ1) is 14.7. The van der Waals surface area contributed by atoms with Gasteiger partial charge in [-0.3, -0.25) is 14.9 Å². The van der Waals surface area contributed by atoms with Gasteiger partial charge in [0, 0.05) is 19.6 Å². The number of nitrogens with one attached hydrogen (secondary N) is 1. The van der Waals surface area contributed by atoms with Gasteiger partial charge in [-0.05, 0) is 30.1 Å². The molecule has 8 nitrogen and oxygen atoms in total. The van der Waals surface area contributed by atoms with E-state index < -0.39 is 10.9 Å². The second kappa shape index (κ2) is 6.62. The normalized spacial score (nSPS) is 19.0. The summed E-state index contributed by atoms with van der Waals surface area (Å²) in [5.74, 6) is -0.528. The zero-order chi connectivity index (χ0) is 14.5. The highest BCUT2D eigenvalue weighted by Gasteiger charge is 2.23. The second-order valence-electron chi connectivity index (χ2n) is 4.72.